The second-order valence-corrected chi connectivity index (χ2v) is 6.27. The monoisotopic (exact) mass is 378 g/mol. The van der Waals surface area contributed by atoms with Crippen molar-refractivity contribution in [2.45, 2.75) is 71.5 Å². The van der Waals surface area contributed by atoms with E-state index in [9.17, 15) is 5.11 Å². The topological polar surface area (TPSA) is 66.4 Å². The first kappa shape index (κ1) is 25.8. The molecule has 0 bridgehead atoms. The molecule has 0 radical (unpaired) electrons. The van der Waals surface area contributed by atoms with Crippen LogP contribution in [-0.2, 0) is 23.7 Å². The van der Waals surface area contributed by atoms with Crippen LogP contribution in [0.4, 0.5) is 0 Å². The van der Waals surface area contributed by atoms with E-state index in [4.69, 9.17) is 23.7 Å². The molecule has 6 heteroatoms. The first-order chi connectivity index (χ1) is 12.8. The molecule has 0 aromatic rings. The second-order valence-electron chi connectivity index (χ2n) is 6.27. The number of aliphatic hydroxyl groups is 1. The molecule has 0 spiro atoms. The van der Waals surface area contributed by atoms with Crippen LogP contribution < -0.4 is 0 Å². The molecule has 0 saturated carbocycles. The standard InChI is InChI=1S/C20H42O6/c1-3-5-6-7-8-9-10-11-20(21)26-19-18-25-17-16-24-15-14-23-13-12-22-4-2/h20-21H,3-19H2,1-2H3. The predicted molar refractivity (Wildman–Crippen MR) is 104 cm³/mol. The number of hydrogen-bond donors (Lipinski definition) is 1. The summed E-state index contributed by atoms with van der Waals surface area (Å²) in [5.74, 6) is 0. The largest absolute Gasteiger partial charge is 0.379 e. The molecule has 0 heterocycles. The molecule has 1 unspecified atom stereocenters. The summed E-state index contributed by atoms with van der Waals surface area (Å²) in [5.41, 5.74) is 0. The fraction of sp³-hybridized carbons (Fsp3) is 1.00. The number of unbranched alkanes of at least 4 members (excludes halogenated alkanes) is 6. The number of aliphatic hydroxyl groups excluding tert-OH is 1. The molecule has 0 rings (SSSR count). The van der Waals surface area contributed by atoms with Gasteiger partial charge in [0.2, 0.25) is 0 Å². The quantitative estimate of drug-likeness (QED) is 0.230. The van der Waals surface area contributed by atoms with Crippen molar-refractivity contribution in [3.05, 3.63) is 0 Å². The maximum absolute atomic E-state index is 9.74. The smallest absolute Gasteiger partial charge is 0.154 e. The zero-order valence-electron chi connectivity index (χ0n) is 17.1. The van der Waals surface area contributed by atoms with Crippen molar-refractivity contribution >= 4 is 0 Å². The van der Waals surface area contributed by atoms with E-state index < -0.39 is 6.29 Å². The highest BCUT2D eigenvalue weighted by atomic mass is 16.6. The average Bonchev–Trinajstić information content (AvgIpc) is 2.64. The van der Waals surface area contributed by atoms with Crippen molar-refractivity contribution in [3.8, 4) is 0 Å². The highest BCUT2D eigenvalue weighted by molar-refractivity contribution is 4.48. The van der Waals surface area contributed by atoms with E-state index in [2.05, 4.69) is 6.92 Å². The van der Waals surface area contributed by atoms with Gasteiger partial charge in [0.25, 0.3) is 0 Å². The van der Waals surface area contributed by atoms with Crippen molar-refractivity contribution in [1.29, 1.82) is 0 Å². The Morgan fingerprint density at radius 1 is 0.577 bits per heavy atom. The van der Waals surface area contributed by atoms with Crippen molar-refractivity contribution < 1.29 is 28.8 Å². The number of ether oxygens (including phenoxy) is 5. The van der Waals surface area contributed by atoms with Crippen molar-refractivity contribution in [2.75, 3.05) is 59.5 Å². The minimum Gasteiger partial charge on any atom is -0.379 e. The third-order valence-corrected chi connectivity index (χ3v) is 3.91. The van der Waals surface area contributed by atoms with Gasteiger partial charge in [-0.25, -0.2) is 0 Å². The fourth-order valence-corrected chi connectivity index (χ4v) is 2.41. The van der Waals surface area contributed by atoms with Gasteiger partial charge in [-0.3, -0.25) is 0 Å². The third-order valence-electron chi connectivity index (χ3n) is 3.91. The average molecular weight is 379 g/mol. The van der Waals surface area contributed by atoms with Gasteiger partial charge in [-0.2, -0.15) is 0 Å². The minimum absolute atomic E-state index is 0.415. The van der Waals surface area contributed by atoms with E-state index in [1.54, 1.807) is 0 Å². The van der Waals surface area contributed by atoms with Gasteiger partial charge in [0.05, 0.1) is 52.9 Å². The Morgan fingerprint density at radius 3 is 1.58 bits per heavy atom. The summed E-state index contributed by atoms with van der Waals surface area (Å²) in [6.45, 7) is 9.22. The van der Waals surface area contributed by atoms with Crippen LogP contribution in [-0.4, -0.2) is 70.9 Å². The maximum atomic E-state index is 9.74. The zero-order valence-corrected chi connectivity index (χ0v) is 17.1. The van der Waals surface area contributed by atoms with Crippen molar-refractivity contribution in [3.63, 3.8) is 0 Å². The van der Waals surface area contributed by atoms with Gasteiger partial charge in [-0.1, -0.05) is 45.4 Å². The molecule has 0 fully saturated rings. The van der Waals surface area contributed by atoms with E-state index >= 15 is 0 Å². The van der Waals surface area contributed by atoms with Gasteiger partial charge in [-0.15, -0.1) is 0 Å². The van der Waals surface area contributed by atoms with Gasteiger partial charge >= 0.3 is 0 Å². The van der Waals surface area contributed by atoms with Gasteiger partial charge in [0, 0.05) is 6.61 Å². The van der Waals surface area contributed by atoms with E-state index in [0.29, 0.717) is 59.3 Å². The molecule has 0 aromatic heterocycles. The molecule has 0 aromatic carbocycles. The summed E-state index contributed by atoms with van der Waals surface area (Å²) in [6, 6.07) is 0. The highest BCUT2D eigenvalue weighted by Crippen LogP contribution is 2.10. The van der Waals surface area contributed by atoms with E-state index in [1.807, 2.05) is 6.92 Å². The lowest BCUT2D eigenvalue weighted by Crippen LogP contribution is -2.17. The lowest BCUT2D eigenvalue weighted by atomic mass is 10.1. The van der Waals surface area contributed by atoms with Gasteiger partial charge < -0.3 is 28.8 Å². The highest BCUT2D eigenvalue weighted by Gasteiger charge is 2.03. The van der Waals surface area contributed by atoms with Gasteiger partial charge in [-0.05, 0) is 19.8 Å². The van der Waals surface area contributed by atoms with Crippen LogP contribution in [0, 0.1) is 0 Å². The Kier molecular flexibility index (Phi) is 22.6. The summed E-state index contributed by atoms with van der Waals surface area (Å²) in [6.07, 6.45) is 8.75. The Hall–Kier alpha value is -0.240. The predicted octanol–water partition coefficient (Wildman–Crippen LogP) is 3.55. The number of rotatable bonds is 22. The van der Waals surface area contributed by atoms with Crippen LogP contribution in [0.15, 0.2) is 0 Å². The van der Waals surface area contributed by atoms with Crippen LogP contribution in [0.1, 0.15) is 65.2 Å². The lowest BCUT2D eigenvalue weighted by Gasteiger charge is -2.12. The Balaban J connectivity index is 3.10. The molecule has 0 amide bonds. The normalized spacial score (nSPS) is 12.6. The van der Waals surface area contributed by atoms with Crippen LogP contribution in [0.3, 0.4) is 0 Å². The lowest BCUT2D eigenvalue weighted by molar-refractivity contribution is -0.118. The molecule has 0 aliphatic heterocycles. The van der Waals surface area contributed by atoms with Crippen LogP contribution in [0.25, 0.3) is 0 Å². The van der Waals surface area contributed by atoms with Crippen molar-refractivity contribution in [2.24, 2.45) is 0 Å². The maximum Gasteiger partial charge on any atom is 0.154 e. The van der Waals surface area contributed by atoms with Crippen LogP contribution >= 0.6 is 0 Å². The Labute approximate surface area is 160 Å². The molecule has 26 heavy (non-hydrogen) atoms. The molecule has 158 valence electrons. The SMILES string of the molecule is CCCCCCCCCC(O)OCCOCCOCCOCCOCC. The molecule has 1 atom stereocenters. The third kappa shape index (κ3) is 21.8. The molecular formula is C20H42O6. The molecule has 1 N–H and O–H groups in total. The molecular weight excluding hydrogens is 336 g/mol. The molecule has 6 nitrogen and oxygen atoms in total. The van der Waals surface area contributed by atoms with Crippen LogP contribution in [0.2, 0.25) is 0 Å². The summed E-state index contributed by atoms with van der Waals surface area (Å²) in [7, 11) is 0. The van der Waals surface area contributed by atoms with E-state index in [0.717, 1.165) is 13.0 Å². The van der Waals surface area contributed by atoms with Crippen molar-refractivity contribution in [1.82, 2.24) is 0 Å². The number of hydrogen-bond acceptors (Lipinski definition) is 6. The van der Waals surface area contributed by atoms with Crippen LogP contribution in [0.5, 0.6) is 0 Å². The molecule has 0 aliphatic carbocycles. The summed E-state index contributed by atoms with van der Waals surface area (Å²) < 4.78 is 26.6. The van der Waals surface area contributed by atoms with Gasteiger partial charge in [0.15, 0.2) is 6.29 Å². The minimum atomic E-state index is -0.667. The summed E-state index contributed by atoms with van der Waals surface area (Å²) in [4.78, 5) is 0. The zero-order chi connectivity index (χ0) is 19.1. The van der Waals surface area contributed by atoms with E-state index in [1.165, 1.54) is 38.5 Å². The summed E-state index contributed by atoms with van der Waals surface area (Å²) in [5, 5.41) is 9.74. The van der Waals surface area contributed by atoms with Gasteiger partial charge in [0.1, 0.15) is 0 Å². The Morgan fingerprint density at radius 2 is 1.04 bits per heavy atom. The molecule has 0 saturated heterocycles. The first-order valence-corrected chi connectivity index (χ1v) is 10.4. The van der Waals surface area contributed by atoms with E-state index in [-0.39, 0.29) is 0 Å². The second kappa shape index (κ2) is 22.8. The Bertz CT molecular complexity index is 252. The first-order valence-electron chi connectivity index (χ1n) is 10.4. The molecule has 0 aliphatic rings. The fourth-order valence-electron chi connectivity index (χ4n) is 2.41. The summed E-state index contributed by atoms with van der Waals surface area (Å²) >= 11 is 0.